The zero-order valence-electron chi connectivity index (χ0n) is 12.2. The number of halogens is 1. The van der Waals surface area contributed by atoms with Crippen LogP contribution in [0.3, 0.4) is 0 Å². The van der Waals surface area contributed by atoms with Crippen molar-refractivity contribution in [2.75, 3.05) is 32.7 Å². The summed E-state index contributed by atoms with van der Waals surface area (Å²) >= 11 is 6.02. The Morgan fingerprint density at radius 1 is 1.32 bits per heavy atom. The van der Waals surface area contributed by atoms with E-state index in [1.165, 1.54) is 0 Å². The first kappa shape index (κ1) is 16.1. The zero-order chi connectivity index (χ0) is 14.5. The van der Waals surface area contributed by atoms with E-state index in [9.17, 15) is 0 Å². The van der Waals surface area contributed by atoms with Crippen LogP contribution in [0.25, 0.3) is 0 Å². The van der Waals surface area contributed by atoms with Gasteiger partial charge in [-0.25, -0.2) is 9.97 Å². The molecule has 0 bridgehead atoms. The summed E-state index contributed by atoms with van der Waals surface area (Å²) in [4.78, 5) is 8.72. The van der Waals surface area contributed by atoms with E-state index in [-0.39, 0.29) is 11.5 Å². The molecule has 1 aromatic rings. The van der Waals surface area contributed by atoms with E-state index >= 15 is 0 Å². The number of rotatable bonds is 6. The molecule has 19 heavy (non-hydrogen) atoms. The normalized spacial score (nSPS) is 13.4. The molecule has 0 radical (unpaired) electrons. The summed E-state index contributed by atoms with van der Waals surface area (Å²) in [5, 5.41) is 3.63. The van der Waals surface area contributed by atoms with Gasteiger partial charge in [-0.3, -0.25) is 0 Å². The van der Waals surface area contributed by atoms with Gasteiger partial charge in [0.1, 0.15) is 16.8 Å². The number of hydrogen-bond acceptors (Lipinski definition) is 5. The van der Waals surface area contributed by atoms with Crippen LogP contribution in [0.5, 0.6) is 0 Å². The second-order valence-corrected chi connectivity index (χ2v) is 5.73. The van der Waals surface area contributed by atoms with Gasteiger partial charge < -0.3 is 14.8 Å². The Balaban J connectivity index is 2.76. The van der Waals surface area contributed by atoms with Crippen LogP contribution in [0, 0.1) is 0 Å². The molecule has 0 saturated carbocycles. The molecule has 1 heterocycles. The van der Waals surface area contributed by atoms with Gasteiger partial charge in [0.15, 0.2) is 0 Å². The van der Waals surface area contributed by atoms with Crippen molar-refractivity contribution in [3.8, 4) is 0 Å². The summed E-state index contributed by atoms with van der Waals surface area (Å²) in [6.45, 7) is 7.26. The van der Waals surface area contributed by atoms with Crippen molar-refractivity contribution >= 4 is 17.4 Å². The maximum Gasteiger partial charge on any atom is 0.137 e. The lowest BCUT2D eigenvalue weighted by molar-refractivity contribution is 0.0365. The summed E-state index contributed by atoms with van der Waals surface area (Å²) < 4.78 is 10.3. The molecule has 0 aliphatic carbocycles. The summed E-state index contributed by atoms with van der Waals surface area (Å²) in [6, 6.07) is 1.70. The molecule has 0 aliphatic heterocycles. The fraction of sp³-hybridized carbons (Fsp3) is 0.692. The first-order valence-electron chi connectivity index (χ1n) is 6.17. The number of anilines is 1. The zero-order valence-corrected chi connectivity index (χ0v) is 12.9. The quantitative estimate of drug-likeness (QED) is 0.815. The second-order valence-electron chi connectivity index (χ2n) is 5.34. The van der Waals surface area contributed by atoms with E-state index in [1.807, 2.05) is 20.8 Å². The van der Waals surface area contributed by atoms with Crippen molar-refractivity contribution in [1.29, 1.82) is 0 Å². The Hall–Kier alpha value is -0.910. The lowest BCUT2D eigenvalue weighted by Gasteiger charge is -2.19. The molecule has 0 aliphatic rings. The molecule has 1 unspecified atom stereocenters. The number of hydrogen-bond donors (Lipinski definition) is 1. The fourth-order valence-electron chi connectivity index (χ4n) is 1.46. The van der Waals surface area contributed by atoms with Gasteiger partial charge in [0.05, 0.1) is 12.7 Å². The molecule has 0 amide bonds. The molecular weight excluding hydrogens is 266 g/mol. The van der Waals surface area contributed by atoms with Gasteiger partial charge in [0, 0.05) is 32.2 Å². The predicted molar refractivity (Wildman–Crippen MR) is 76.9 cm³/mol. The number of ether oxygens (including phenoxy) is 2. The smallest absolute Gasteiger partial charge is 0.137 e. The lowest BCUT2D eigenvalue weighted by atomic mass is 9.96. The van der Waals surface area contributed by atoms with Gasteiger partial charge in [-0.15, -0.1) is 0 Å². The fourth-order valence-corrected chi connectivity index (χ4v) is 1.64. The van der Waals surface area contributed by atoms with Gasteiger partial charge in [0.25, 0.3) is 0 Å². The molecule has 0 spiro atoms. The third kappa shape index (κ3) is 5.30. The molecule has 1 atom stereocenters. The Morgan fingerprint density at radius 2 is 2.00 bits per heavy atom. The van der Waals surface area contributed by atoms with E-state index in [4.69, 9.17) is 21.1 Å². The first-order chi connectivity index (χ1) is 8.86. The first-order valence-corrected chi connectivity index (χ1v) is 6.55. The molecule has 1 N–H and O–H groups in total. The average Bonchev–Trinajstić information content (AvgIpc) is 2.32. The Labute approximate surface area is 119 Å². The van der Waals surface area contributed by atoms with E-state index in [1.54, 1.807) is 20.3 Å². The van der Waals surface area contributed by atoms with Crippen molar-refractivity contribution in [2.45, 2.75) is 32.3 Å². The van der Waals surface area contributed by atoms with Crippen molar-refractivity contribution < 1.29 is 9.47 Å². The van der Waals surface area contributed by atoms with Crippen LogP contribution in [0.2, 0.25) is 5.15 Å². The van der Waals surface area contributed by atoms with Gasteiger partial charge in [-0.1, -0.05) is 32.4 Å². The topological polar surface area (TPSA) is 56.3 Å². The van der Waals surface area contributed by atoms with Crippen LogP contribution in [-0.4, -0.2) is 43.4 Å². The molecule has 1 rings (SSSR count). The minimum atomic E-state index is -0.144. The Kier molecular flexibility index (Phi) is 5.97. The average molecular weight is 288 g/mol. The monoisotopic (exact) mass is 287 g/mol. The van der Waals surface area contributed by atoms with Crippen molar-refractivity contribution in [3.63, 3.8) is 0 Å². The Morgan fingerprint density at radius 3 is 2.53 bits per heavy atom. The standard InChI is InChI=1S/C13H22ClN3O2/c1-13(2,3)12-16-10(14)6-11(17-12)15-7-9(19-5)8-18-4/h6,9H,7-8H2,1-5H3,(H,15,16,17). The van der Waals surface area contributed by atoms with E-state index in [0.717, 1.165) is 0 Å². The van der Waals surface area contributed by atoms with E-state index in [2.05, 4.69) is 15.3 Å². The molecule has 108 valence electrons. The minimum Gasteiger partial charge on any atom is -0.382 e. The number of nitrogens with zero attached hydrogens (tertiary/aromatic N) is 2. The second kappa shape index (κ2) is 7.03. The minimum absolute atomic E-state index is 0.0307. The van der Waals surface area contributed by atoms with Gasteiger partial charge in [-0.2, -0.15) is 0 Å². The SMILES string of the molecule is COCC(CNc1cc(Cl)nc(C(C)(C)C)n1)OC. The van der Waals surface area contributed by atoms with Gasteiger partial charge >= 0.3 is 0 Å². The van der Waals surface area contributed by atoms with Crippen LogP contribution in [0.15, 0.2) is 6.07 Å². The summed E-state index contributed by atoms with van der Waals surface area (Å²) in [5.41, 5.74) is -0.144. The van der Waals surface area contributed by atoms with Crippen LogP contribution in [0.1, 0.15) is 26.6 Å². The molecule has 0 fully saturated rings. The molecular formula is C13H22ClN3O2. The number of methoxy groups -OCH3 is 2. The maximum atomic E-state index is 6.02. The highest BCUT2D eigenvalue weighted by Crippen LogP contribution is 2.22. The third-order valence-corrected chi connectivity index (χ3v) is 2.76. The lowest BCUT2D eigenvalue weighted by Crippen LogP contribution is -2.27. The molecule has 0 aromatic carbocycles. The van der Waals surface area contributed by atoms with Crippen LogP contribution in [0.4, 0.5) is 5.82 Å². The van der Waals surface area contributed by atoms with E-state index in [0.29, 0.717) is 29.9 Å². The number of nitrogens with one attached hydrogen (secondary N) is 1. The largest absolute Gasteiger partial charge is 0.382 e. The van der Waals surface area contributed by atoms with Crippen molar-refractivity contribution in [2.24, 2.45) is 0 Å². The van der Waals surface area contributed by atoms with Crippen LogP contribution < -0.4 is 5.32 Å². The van der Waals surface area contributed by atoms with Crippen molar-refractivity contribution in [3.05, 3.63) is 17.0 Å². The highest BCUT2D eigenvalue weighted by atomic mass is 35.5. The van der Waals surface area contributed by atoms with Crippen LogP contribution in [-0.2, 0) is 14.9 Å². The predicted octanol–water partition coefficient (Wildman–Crippen LogP) is 2.50. The summed E-state index contributed by atoms with van der Waals surface area (Å²) in [7, 11) is 3.30. The third-order valence-electron chi connectivity index (χ3n) is 2.56. The highest BCUT2D eigenvalue weighted by molar-refractivity contribution is 6.29. The van der Waals surface area contributed by atoms with Crippen LogP contribution >= 0.6 is 11.6 Å². The maximum absolute atomic E-state index is 6.02. The van der Waals surface area contributed by atoms with Gasteiger partial charge in [0.2, 0.25) is 0 Å². The number of aromatic nitrogens is 2. The molecule has 6 heteroatoms. The Bertz CT molecular complexity index is 407. The molecule has 5 nitrogen and oxygen atoms in total. The summed E-state index contributed by atoms with van der Waals surface area (Å²) in [6.07, 6.45) is -0.0307. The van der Waals surface area contributed by atoms with Crippen molar-refractivity contribution in [1.82, 2.24) is 9.97 Å². The van der Waals surface area contributed by atoms with Gasteiger partial charge in [-0.05, 0) is 0 Å². The molecule has 0 saturated heterocycles. The summed E-state index contributed by atoms with van der Waals surface area (Å²) in [5.74, 6) is 1.41. The van der Waals surface area contributed by atoms with E-state index < -0.39 is 0 Å². The highest BCUT2D eigenvalue weighted by Gasteiger charge is 2.19. The molecule has 1 aromatic heterocycles.